The standard InChI is InChI=1S/C9H19NO.H2/c1-4-5-8(9(10)11)6-7(2)3;/h7-8H,4-6H2,1-3H3,(H2,10,11);1H/t8-;/m0./s1. The van der Waals surface area contributed by atoms with Crippen molar-refractivity contribution < 1.29 is 6.22 Å². The van der Waals surface area contributed by atoms with Crippen molar-refractivity contribution in [1.82, 2.24) is 0 Å². The fourth-order valence-corrected chi connectivity index (χ4v) is 1.29. The van der Waals surface area contributed by atoms with E-state index < -0.39 is 0 Å². The Kier molecular flexibility index (Phi) is 4.92. The number of primary amides is 1. The van der Waals surface area contributed by atoms with Gasteiger partial charge in [-0.25, -0.2) is 0 Å². The molecule has 0 unspecified atom stereocenters. The second-order valence-electron chi connectivity index (χ2n) is 3.52. The summed E-state index contributed by atoms with van der Waals surface area (Å²) in [5.74, 6) is 0.527. The number of hydrogen-bond acceptors (Lipinski definition) is 1. The summed E-state index contributed by atoms with van der Waals surface area (Å²) in [5, 5.41) is 0. The summed E-state index contributed by atoms with van der Waals surface area (Å²) in [6.45, 7) is 6.31. The van der Waals surface area contributed by atoms with Gasteiger partial charge in [0.05, 0.1) is 0 Å². The van der Waals surface area contributed by atoms with Crippen LogP contribution in [0.2, 0.25) is 0 Å². The molecule has 0 heterocycles. The molecule has 1 atom stereocenters. The van der Waals surface area contributed by atoms with Gasteiger partial charge in [-0.3, -0.25) is 4.79 Å². The zero-order chi connectivity index (χ0) is 8.85. The van der Waals surface area contributed by atoms with E-state index in [1.807, 2.05) is 0 Å². The maximum Gasteiger partial charge on any atom is 0.220 e. The summed E-state index contributed by atoms with van der Waals surface area (Å²) >= 11 is 0. The maximum atomic E-state index is 10.8. The number of hydrogen-bond donors (Lipinski definition) is 1. The highest BCUT2D eigenvalue weighted by molar-refractivity contribution is 5.76. The fourth-order valence-electron chi connectivity index (χ4n) is 1.29. The highest BCUT2D eigenvalue weighted by Gasteiger charge is 2.14. The van der Waals surface area contributed by atoms with Crippen LogP contribution in [0.25, 0.3) is 0 Å². The molecule has 11 heavy (non-hydrogen) atoms. The molecule has 0 aromatic rings. The van der Waals surface area contributed by atoms with E-state index in [-0.39, 0.29) is 13.3 Å². The minimum atomic E-state index is -0.138. The first kappa shape index (κ1) is 10.5. The van der Waals surface area contributed by atoms with Gasteiger partial charge in [-0.1, -0.05) is 27.2 Å². The lowest BCUT2D eigenvalue weighted by molar-refractivity contribution is -0.122. The van der Waals surface area contributed by atoms with Crippen LogP contribution in [0.4, 0.5) is 0 Å². The second-order valence-corrected chi connectivity index (χ2v) is 3.52. The molecule has 0 aromatic heterocycles. The van der Waals surface area contributed by atoms with Gasteiger partial charge in [-0.2, -0.15) is 0 Å². The lowest BCUT2D eigenvalue weighted by Gasteiger charge is -2.13. The largest absolute Gasteiger partial charge is 0.369 e. The van der Waals surface area contributed by atoms with Crippen LogP contribution in [0.15, 0.2) is 0 Å². The zero-order valence-corrected chi connectivity index (χ0v) is 7.76. The van der Waals surface area contributed by atoms with Gasteiger partial charge in [0.2, 0.25) is 5.91 Å². The number of nitrogens with two attached hydrogens (primary N) is 1. The lowest BCUT2D eigenvalue weighted by atomic mass is 9.93. The Morgan fingerprint density at radius 3 is 2.36 bits per heavy atom. The van der Waals surface area contributed by atoms with Gasteiger partial charge in [-0.05, 0) is 18.8 Å². The molecule has 0 spiro atoms. The molecular weight excluding hydrogens is 138 g/mol. The minimum Gasteiger partial charge on any atom is -0.369 e. The van der Waals surface area contributed by atoms with E-state index in [2.05, 4.69) is 20.8 Å². The first-order chi connectivity index (χ1) is 5.07. The third-order valence-electron chi connectivity index (χ3n) is 1.80. The van der Waals surface area contributed by atoms with Gasteiger partial charge in [0.25, 0.3) is 0 Å². The zero-order valence-electron chi connectivity index (χ0n) is 7.76. The van der Waals surface area contributed by atoms with Gasteiger partial charge < -0.3 is 5.73 Å². The smallest absolute Gasteiger partial charge is 0.220 e. The van der Waals surface area contributed by atoms with E-state index in [9.17, 15) is 4.79 Å². The first-order valence-electron chi connectivity index (χ1n) is 4.37. The molecule has 0 aliphatic heterocycles. The van der Waals surface area contributed by atoms with Gasteiger partial charge in [0.15, 0.2) is 0 Å². The van der Waals surface area contributed by atoms with Crippen LogP contribution in [0.5, 0.6) is 0 Å². The van der Waals surface area contributed by atoms with Gasteiger partial charge in [0.1, 0.15) is 0 Å². The Bertz CT molecular complexity index is 126. The number of amides is 1. The number of rotatable bonds is 5. The Morgan fingerprint density at radius 2 is 2.09 bits per heavy atom. The highest BCUT2D eigenvalue weighted by atomic mass is 16.1. The van der Waals surface area contributed by atoms with Crippen molar-refractivity contribution in [3.05, 3.63) is 0 Å². The molecule has 0 aliphatic rings. The van der Waals surface area contributed by atoms with E-state index in [4.69, 9.17) is 5.73 Å². The summed E-state index contributed by atoms with van der Waals surface area (Å²) in [7, 11) is 0. The Morgan fingerprint density at radius 1 is 1.55 bits per heavy atom. The van der Waals surface area contributed by atoms with E-state index in [1.54, 1.807) is 0 Å². The molecule has 0 saturated heterocycles. The maximum absolute atomic E-state index is 10.8. The van der Waals surface area contributed by atoms with E-state index in [1.165, 1.54) is 0 Å². The average molecular weight is 159 g/mol. The monoisotopic (exact) mass is 159 g/mol. The van der Waals surface area contributed by atoms with Crippen molar-refractivity contribution in [2.24, 2.45) is 17.6 Å². The molecule has 0 radical (unpaired) electrons. The van der Waals surface area contributed by atoms with Crippen LogP contribution < -0.4 is 5.73 Å². The summed E-state index contributed by atoms with van der Waals surface area (Å²) in [4.78, 5) is 10.8. The van der Waals surface area contributed by atoms with Crippen LogP contribution in [0.1, 0.15) is 41.5 Å². The second kappa shape index (κ2) is 5.16. The lowest BCUT2D eigenvalue weighted by Crippen LogP contribution is -2.24. The Balaban J connectivity index is 0. The predicted molar refractivity (Wildman–Crippen MR) is 49.2 cm³/mol. The van der Waals surface area contributed by atoms with Crippen LogP contribution in [-0.2, 0) is 4.79 Å². The Hall–Kier alpha value is -0.530. The van der Waals surface area contributed by atoms with Gasteiger partial charge in [0, 0.05) is 7.34 Å². The van der Waals surface area contributed by atoms with E-state index in [0.29, 0.717) is 5.92 Å². The number of carbonyl (C=O) groups excluding carboxylic acids is 1. The topological polar surface area (TPSA) is 43.1 Å². The molecule has 2 N–H and O–H groups in total. The normalized spacial score (nSPS) is 13.5. The quantitative estimate of drug-likeness (QED) is 0.656. The summed E-state index contributed by atoms with van der Waals surface area (Å²) in [6.07, 6.45) is 2.91. The van der Waals surface area contributed by atoms with Crippen molar-refractivity contribution in [1.29, 1.82) is 0 Å². The predicted octanol–water partition coefficient (Wildman–Crippen LogP) is 2.18. The molecule has 2 nitrogen and oxygen atoms in total. The van der Waals surface area contributed by atoms with Crippen LogP contribution in [0, 0.1) is 11.8 Å². The molecule has 0 bridgehead atoms. The molecule has 0 rings (SSSR count). The molecule has 0 aromatic carbocycles. The summed E-state index contributed by atoms with van der Waals surface area (Å²) in [6, 6.07) is 0. The first-order valence-corrected chi connectivity index (χ1v) is 4.37. The van der Waals surface area contributed by atoms with Crippen molar-refractivity contribution in [3.8, 4) is 0 Å². The van der Waals surface area contributed by atoms with Gasteiger partial charge >= 0.3 is 0 Å². The molecular formula is C9H21NO. The van der Waals surface area contributed by atoms with Gasteiger partial charge in [-0.15, -0.1) is 0 Å². The van der Waals surface area contributed by atoms with E-state index in [0.717, 1.165) is 19.3 Å². The third kappa shape index (κ3) is 4.82. The SMILES string of the molecule is CCC[C@@H](CC(C)C)C(N)=O.[HH]. The van der Waals surface area contributed by atoms with Crippen molar-refractivity contribution in [2.75, 3.05) is 0 Å². The Labute approximate surface area is 70.6 Å². The minimum absolute atomic E-state index is 0. The van der Waals surface area contributed by atoms with Crippen LogP contribution >= 0.6 is 0 Å². The summed E-state index contributed by atoms with van der Waals surface area (Å²) in [5.41, 5.74) is 5.23. The molecule has 0 fully saturated rings. The highest BCUT2D eigenvalue weighted by Crippen LogP contribution is 2.16. The van der Waals surface area contributed by atoms with Crippen LogP contribution in [0.3, 0.4) is 0 Å². The summed E-state index contributed by atoms with van der Waals surface area (Å²) < 4.78 is 0. The van der Waals surface area contributed by atoms with E-state index >= 15 is 0 Å². The molecule has 0 saturated carbocycles. The van der Waals surface area contributed by atoms with Crippen molar-refractivity contribution >= 4 is 5.91 Å². The third-order valence-corrected chi connectivity index (χ3v) is 1.80. The van der Waals surface area contributed by atoms with Crippen molar-refractivity contribution in [3.63, 3.8) is 0 Å². The molecule has 0 aliphatic carbocycles. The number of carbonyl (C=O) groups is 1. The van der Waals surface area contributed by atoms with Crippen molar-refractivity contribution in [2.45, 2.75) is 40.0 Å². The molecule has 68 valence electrons. The molecule has 2 heteroatoms. The van der Waals surface area contributed by atoms with Crippen LogP contribution in [-0.4, -0.2) is 5.91 Å². The average Bonchev–Trinajstić information content (AvgIpc) is 1.86. The molecule has 1 amide bonds. The fraction of sp³-hybridized carbons (Fsp3) is 0.889.